The van der Waals surface area contributed by atoms with Crippen LogP contribution in [0, 0.1) is 0 Å². The number of hydrogen-bond acceptors (Lipinski definition) is 0. The highest BCUT2D eigenvalue weighted by Crippen LogP contribution is 2.53. The summed E-state index contributed by atoms with van der Waals surface area (Å²) in [7, 11) is 0. The number of rotatable bonds is 6. The number of benzene rings is 9. The highest BCUT2D eigenvalue weighted by Gasteiger charge is 2.38. The van der Waals surface area contributed by atoms with Crippen molar-refractivity contribution < 1.29 is 0 Å². The van der Waals surface area contributed by atoms with Gasteiger partial charge < -0.3 is 0 Å². The molecule has 0 nitrogen and oxygen atoms in total. The van der Waals surface area contributed by atoms with Crippen molar-refractivity contribution in [2.45, 2.75) is 38.5 Å². The largest absolute Gasteiger partial charge is 0.0622 e. The van der Waals surface area contributed by atoms with Gasteiger partial charge in [0.2, 0.25) is 0 Å². The van der Waals surface area contributed by atoms with Gasteiger partial charge >= 0.3 is 0 Å². The highest BCUT2D eigenvalue weighted by molar-refractivity contribution is 5.89. The Labute approximate surface area is 354 Å². The van der Waals surface area contributed by atoms with Crippen LogP contribution in [0.2, 0.25) is 0 Å². The smallest absolute Gasteiger partial charge is 0.0159 e. The molecule has 0 atom stereocenters. The Morgan fingerprint density at radius 1 is 0.200 bits per heavy atom. The average molecular weight is 767 g/mol. The van der Waals surface area contributed by atoms with Crippen molar-refractivity contribution in [2.24, 2.45) is 0 Å². The summed E-state index contributed by atoms with van der Waals surface area (Å²) in [6.45, 7) is 9.55. The summed E-state index contributed by atoms with van der Waals surface area (Å²) in [4.78, 5) is 0. The van der Waals surface area contributed by atoms with Gasteiger partial charge in [-0.15, -0.1) is 0 Å². The third-order valence-corrected chi connectivity index (χ3v) is 13.5. The fourth-order valence-electron chi connectivity index (χ4n) is 10.0. The minimum atomic E-state index is -0.126. The molecule has 0 bridgehead atoms. The maximum atomic E-state index is 2.46. The van der Waals surface area contributed by atoms with Crippen LogP contribution in [0.25, 0.3) is 89.0 Å². The van der Waals surface area contributed by atoms with E-state index in [1.165, 1.54) is 111 Å². The van der Waals surface area contributed by atoms with Gasteiger partial charge in [-0.3, -0.25) is 0 Å². The van der Waals surface area contributed by atoms with E-state index in [-0.39, 0.29) is 10.8 Å². The van der Waals surface area contributed by atoms with E-state index in [9.17, 15) is 0 Å². The molecule has 9 aromatic rings. The van der Waals surface area contributed by atoms with Gasteiger partial charge in [-0.05, 0) is 142 Å². The van der Waals surface area contributed by atoms with Crippen LogP contribution in [0.4, 0.5) is 0 Å². The van der Waals surface area contributed by atoms with Gasteiger partial charge in [0.1, 0.15) is 0 Å². The summed E-state index contributed by atoms with van der Waals surface area (Å²) >= 11 is 0. The lowest BCUT2D eigenvalue weighted by molar-refractivity contribution is 0.660. The van der Waals surface area contributed by atoms with Crippen LogP contribution in [0.5, 0.6) is 0 Å². The minimum Gasteiger partial charge on any atom is -0.0622 e. The standard InChI is InChI=1S/C60H46/c1-59(2)55-35-47(40-14-9-6-10-15-40)26-30-51(55)53-32-28-49(37-57(53)59)50-29-33-54-52-31-27-48(36-56(52)60(3,4)58(54)38-50)44-24-20-42(21-25-44)41-18-22-43(23-19-41)46-17-11-16-45(34-46)39-12-7-5-8-13-39/h5-38H,1-4H3. The normalized spacial score (nSPS) is 13.9. The maximum absolute atomic E-state index is 2.46. The van der Waals surface area contributed by atoms with Crippen molar-refractivity contribution in [1.82, 2.24) is 0 Å². The van der Waals surface area contributed by atoms with E-state index in [0.29, 0.717) is 0 Å². The molecule has 0 aromatic heterocycles. The lowest BCUT2D eigenvalue weighted by Gasteiger charge is -2.24. The summed E-state index contributed by atoms with van der Waals surface area (Å²) in [6, 6.07) is 76.5. The van der Waals surface area contributed by atoms with Crippen LogP contribution in [0.1, 0.15) is 49.9 Å². The molecule has 0 fully saturated rings. The van der Waals surface area contributed by atoms with Crippen molar-refractivity contribution in [2.75, 3.05) is 0 Å². The maximum Gasteiger partial charge on any atom is 0.0159 e. The second kappa shape index (κ2) is 13.8. The summed E-state index contributed by atoms with van der Waals surface area (Å²) < 4.78 is 0. The SMILES string of the molecule is CC1(C)c2cc(-c3ccccc3)ccc2-c2ccc(-c3ccc4c(c3)C(C)(C)c3cc(-c5ccc(-c6ccc(-c7cccc(-c8ccccc8)c7)cc6)cc5)ccc3-4)cc21. The molecule has 0 heterocycles. The first-order valence-corrected chi connectivity index (χ1v) is 21.2. The molecule has 0 aliphatic heterocycles. The fourth-order valence-corrected chi connectivity index (χ4v) is 10.0. The Balaban J connectivity index is 0.842. The predicted molar refractivity (Wildman–Crippen MR) is 254 cm³/mol. The van der Waals surface area contributed by atoms with Crippen LogP contribution in [0.15, 0.2) is 206 Å². The molecule has 0 spiro atoms. The molecule has 9 aromatic carbocycles. The minimum absolute atomic E-state index is 0.0902. The first-order chi connectivity index (χ1) is 29.2. The molecule has 2 aliphatic carbocycles. The number of hydrogen-bond donors (Lipinski definition) is 0. The van der Waals surface area contributed by atoms with Crippen molar-refractivity contribution in [3.8, 4) is 89.0 Å². The topological polar surface area (TPSA) is 0 Å². The first-order valence-electron chi connectivity index (χ1n) is 21.2. The zero-order valence-corrected chi connectivity index (χ0v) is 34.6. The Morgan fingerprint density at radius 2 is 0.417 bits per heavy atom. The summed E-state index contributed by atoms with van der Waals surface area (Å²) in [5, 5.41) is 0. The molecule has 11 rings (SSSR count). The summed E-state index contributed by atoms with van der Waals surface area (Å²) in [5.41, 5.74) is 25.7. The molecule has 0 radical (unpaired) electrons. The van der Waals surface area contributed by atoms with Gasteiger partial charge in [0.15, 0.2) is 0 Å². The van der Waals surface area contributed by atoms with Crippen molar-refractivity contribution in [3.05, 3.63) is 229 Å². The van der Waals surface area contributed by atoms with Gasteiger partial charge in [0, 0.05) is 10.8 Å². The predicted octanol–water partition coefficient (Wildman–Crippen LogP) is 16.3. The van der Waals surface area contributed by atoms with E-state index in [1.54, 1.807) is 0 Å². The van der Waals surface area contributed by atoms with E-state index < -0.39 is 0 Å². The fraction of sp³-hybridized carbons (Fsp3) is 0.100. The number of fused-ring (bicyclic) bond motifs is 6. The van der Waals surface area contributed by atoms with Gasteiger partial charge in [-0.25, -0.2) is 0 Å². The third kappa shape index (κ3) is 5.89. The third-order valence-electron chi connectivity index (χ3n) is 13.5. The quantitative estimate of drug-likeness (QED) is 0.158. The lowest BCUT2D eigenvalue weighted by Crippen LogP contribution is -2.15. The van der Waals surface area contributed by atoms with Gasteiger partial charge in [-0.1, -0.05) is 204 Å². The molecule has 286 valence electrons. The van der Waals surface area contributed by atoms with E-state index in [4.69, 9.17) is 0 Å². The molecule has 0 amide bonds. The van der Waals surface area contributed by atoms with E-state index in [1.807, 2.05) is 0 Å². The van der Waals surface area contributed by atoms with E-state index in [0.717, 1.165) is 0 Å². The zero-order chi connectivity index (χ0) is 40.6. The summed E-state index contributed by atoms with van der Waals surface area (Å²) in [6.07, 6.45) is 0. The van der Waals surface area contributed by atoms with Crippen LogP contribution in [-0.4, -0.2) is 0 Å². The molecule has 0 heteroatoms. The van der Waals surface area contributed by atoms with Crippen LogP contribution in [-0.2, 0) is 10.8 Å². The van der Waals surface area contributed by atoms with Crippen LogP contribution in [0.3, 0.4) is 0 Å². The zero-order valence-electron chi connectivity index (χ0n) is 34.6. The molecular formula is C60H46. The Bertz CT molecular complexity index is 3090. The highest BCUT2D eigenvalue weighted by atomic mass is 14.4. The van der Waals surface area contributed by atoms with E-state index in [2.05, 4.69) is 234 Å². The molecular weight excluding hydrogens is 721 g/mol. The Kier molecular flexibility index (Phi) is 8.29. The van der Waals surface area contributed by atoms with Crippen molar-refractivity contribution in [1.29, 1.82) is 0 Å². The molecule has 60 heavy (non-hydrogen) atoms. The molecule has 2 aliphatic rings. The van der Waals surface area contributed by atoms with Crippen molar-refractivity contribution >= 4 is 0 Å². The van der Waals surface area contributed by atoms with E-state index >= 15 is 0 Å². The Morgan fingerprint density at radius 3 is 0.733 bits per heavy atom. The first kappa shape index (κ1) is 36.1. The average Bonchev–Trinajstić information content (AvgIpc) is 3.67. The summed E-state index contributed by atoms with van der Waals surface area (Å²) in [5.74, 6) is 0. The second-order valence-corrected chi connectivity index (χ2v) is 17.8. The molecule has 0 saturated heterocycles. The van der Waals surface area contributed by atoms with Gasteiger partial charge in [0.25, 0.3) is 0 Å². The Hall–Kier alpha value is -7.02. The molecule has 0 N–H and O–H groups in total. The van der Waals surface area contributed by atoms with Crippen LogP contribution >= 0.6 is 0 Å². The van der Waals surface area contributed by atoms with Gasteiger partial charge in [-0.2, -0.15) is 0 Å². The lowest BCUT2D eigenvalue weighted by atomic mass is 9.79. The second-order valence-electron chi connectivity index (χ2n) is 17.8. The molecule has 0 saturated carbocycles. The van der Waals surface area contributed by atoms with Crippen LogP contribution < -0.4 is 0 Å². The van der Waals surface area contributed by atoms with Crippen molar-refractivity contribution in [3.63, 3.8) is 0 Å². The molecule has 0 unspecified atom stereocenters. The monoisotopic (exact) mass is 766 g/mol. The van der Waals surface area contributed by atoms with Gasteiger partial charge in [0.05, 0.1) is 0 Å².